The van der Waals surface area contributed by atoms with Gasteiger partial charge in [0, 0.05) is 30.2 Å². The standard InChI is InChI=1S/C47H81N5O12.C27H54O13.C20H29N5/c1-6-7-12-42-50-44-40-14-13-39(38-41(40)49-46(48)45(44)51-42)11-9-8-10-16-52(5)17-19-55-21-23-57-25-27-59-29-31-61-33-35-63-37-36-62-34-32-60-30-28-58-26-24-56-22-20-54-18-15-43(53)64-47(2,3)4;1-27(2,3)40-26(29)4-6-30-8-10-32-12-14-34-16-18-36-20-22-38-24-25-39-23-21-37-19-17-35-15-13-33-11-9-31-7-5-28;1-3-4-9-17-24-18-15-11-10-14(8-6-5-7-12-22-2)13-16(15)23-20(21)19(18)25-17/h13-14,38H,6-12,15-37H2,1-5H3,(H2,48,49)(H,50,51);28H,4-25H2,1-3H3;10-11,13,22H,3-9,12H2,1-2H3,(H2,21,23)(H,24,25). The van der Waals surface area contributed by atoms with E-state index in [1.165, 1.54) is 36.8 Å². The fraction of sp³-hybridized carbons (Fsp3) is 0.766. The van der Waals surface area contributed by atoms with Crippen LogP contribution in [0.5, 0.6) is 0 Å². The van der Waals surface area contributed by atoms with Crippen LogP contribution < -0.4 is 16.8 Å². The summed E-state index contributed by atoms with van der Waals surface area (Å²) >= 11 is 0. The molecule has 4 heterocycles. The lowest BCUT2D eigenvalue weighted by atomic mass is 10.0. The number of unbranched alkanes of at least 4 members (excludes halogenated alkanes) is 6. The highest BCUT2D eigenvalue weighted by atomic mass is 16.6. The largest absolute Gasteiger partial charge is 0.460 e. The molecular weight excluding hydrogens is 1670 g/mol. The predicted molar refractivity (Wildman–Crippen MR) is 500 cm³/mol. The van der Waals surface area contributed by atoms with E-state index in [1.54, 1.807) is 0 Å². The molecule has 0 saturated heterocycles. The summed E-state index contributed by atoms with van der Waals surface area (Å²) in [6.45, 7) is 37.8. The van der Waals surface area contributed by atoms with E-state index in [0.29, 0.717) is 276 Å². The number of carbonyl (C=O) groups excluding carboxylic acids is 2. The molecule has 0 aliphatic heterocycles. The minimum Gasteiger partial charge on any atom is -0.460 e. The summed E-state index contributed by atoms with van der Waals surface area (Å²) in [5.74, 6) is 2.52. The minimum atomic E-state index is -0.477. The van der Waals surface area contributed by atoms with Gasteiger partial charge in [-0.25, -0.2) is 19.9 Å². The van der Waals surface area contributed by atoms with Gasteiger partial charge in [0.25, 0.3) is 0 Å². The van der Waals surface area contributed by atoms with E-state index in [-0.39, 0.29) is 31.4 Å². The number of pyridine rings is 2. The number of nitrogens with zero attached hydrogens (tertiary/aromatic N) is 5. The van der Waals surface area contributed by atoms with Crippen LogP contribution >= 0.6 is 0 Å². The zero-order chi connectivity index (χ0) is 93.0. The van der Waals surface area contributed by atoms with Crippen molar-refractivity contribution < 1.29 is 119 Å². The number of esters is 2. The second kappa shape index (κ2) is 77.2. The van der Waals surface area contributed by atoms with E-state index in [2.05, 4.69) is 87.4 Å². The van der Waals surface area contributed by atoms with Crippen LogP contribution in [-0.2, 0) is 139 Å². The van der Waals surface area contributed by atoms with Crippen molar-refractivity contribution in [1.29, 1.82) is 0 Å². The molecule has 0 bridgehead atoms. The summed E-state index contributed by atoms with van der Waals surface area (Å²) in [5.41, 5.74) is 19.6. The number of anilines is 2. The Morgan fingerprint density at radius 2 is 0.636 bits per heavy atom. The Bertz CT molecular complexity index is 3690. The second-order valence-electron chi connectivity index (χ2n) is 32.4. The number of aliphatic hydroxyl groups excluding tert-OH is 1. The molecule has 0 spiro atoms. The van der Waals surface area contributed by atoms with Gasteiger partial charge < -0.3 is 141 Å². The van der Waals surface area contributed by atoms with Crippen molar-refractivity contribution in [3.63, 3.8) is 0 Å². The molecular formula is C94H164N10O25. The second-order valence-corrected chi connectivity index (χ2v) is 32.4. The quantitative estimate of drug-likeness (QED) is 0.0153. The molecule has 35 nitrogen and oxygen atoms in total. The molecule has 0 fully saturated rings. The number of aliphatic hydroxyl groups is 1. The summed E-state index contributed by atoms with van der Waals surface area (Å²) in [7, 11) is 4.15. The normalized spacial score (nSPS) is 11.9. The molecule has 740 valence electrons. The molecule has 0 amide bonds. The third-order valence-electron chi connectivity index (χ3n) is 18.9. The summed E-state index contributed by atoms with van der Waals surface area (Å²) in [5, 5.41) is 13.9. The van der Waals surface area contributed by atoms with Crippen LogP contribution in [-0.4, -0.2) is 368 Å². The molecule has 6 aromatic rings. The Kier molecular flexibility index (Phi) is 68.9. The first kappa shape index (κ1) is 115. The monoisotopic (exact) mass is 1830 g/mol. The van der Waals surface area contributed by atoms with E-state index in [9.17, 15) is 9.59 Å². The smallest absolute Gasteiger partial charge is 0.308 e. The lowest BCUT2D eigenvalue weighted by Gasteiger charge is -2.19. The molecule has 0 radical (unpaired) electrons. The number of aryl methyl sites for hydroxylation is 4. The number of hydrogen-bond acceptors (Lipinski definition) is 33. The first-order chi connectivity index (χ1) is 62.8. The maximum Gasteiger partial charge on any atom is 0.308 e. The first-order valence-electron chi connectivity index (χ1n) is 46.9. The SMILES string of the molecule is CC(C)(C)OC(=O)CCOCCOCCOCCOCCOCCOCCOCCOCCOCCOCCO.CCCCc1nc2c([nH]1)c(N)nc1cc(CCCCCN(C)CCOCCOCCOCCOCCOCCOCCOCCOCCOCCOCCC(=O)OC(C)(C)C)ccc12.CCCCc1nc2c([nH]1)c(N)nc1cc(CCCCCNC)ccc12. The third-order valence-corrected chi connectivity index (χ3v) is 18.9. The van der Waals surface area contributed by atoms with E-state index in [1.807, 2.05) is 48.6 Å². The number of ether oxygens (including phenoxy) is 22. The Hall–Kier alpha value is -6.18. The summed E-state index contributed by atoms with van der Waals surface area (Å²) < 4.78 is 119. The Morgan fingerprint density at radius 1 is 0.357 bits per heavy atom. The molecule has 0 atom stereocenters. The number of imidazole rings is 2. The van der Waals surface area contributed by atoms with Crippen LogP contribution in [0.3, 0.4) is 0 Å². The Labute approximate surface area is 767 Å². The van der Waals surface area contributed by atoms with Gasteiger partial charge in [-0.15, -0.1) is 0 Å². The number of nitrogens with one attached hydrogen (secondary N) is 3. The number of aromatic nitrogens is 6. The van der Waals surface area contributed by atoms with Gasteiger partial charge in [-0.3, -0.25) is 9.59 Å². The van der Waals surface area contributed by atoms with Crippen LogP contribution in [0.1, 0.15) is 155 Å². The average molecular weight is 1830 g/mol. The van der Waals surface area contributed by atoms with Crippen molar-refractivity contribution in [3.8, 4) is 0 Å². The molecule has 6 rings (SSSR count). The first-order valence-corrected chi connectivity index (χ1v) is 46.9. The van der Waals surface area contributed by atoms with Crippen molar-refractivity contribution >= 4 is 67.4 Å². The Balaban J connectivity index is 0.000000452. The highest BCUT2D eigenvalue weighted by Gasteiger charge is 2.19. The maximum absolute atomic E-state index is 11.6. The lowest BCUT2D eigenvalue weighted by molar-refractivity contribution is -0.157. The number of rotatable bonds is 83. The van der Waals surface area contributed by atoms with Crippen LogP contribution in [0.15, 0.2) is 36.4 Å². The van der Waals surface area contributed by atoms with Gasteiger partial charge in [-0.2, -0.15) is 0 Å². The number of carbonyl (C=O) groups is 2. The zero-order valence-corrected chi connectivity index (χ0v) is 80.0. The van der Waals surface area contributed by atoms with Crippen molar-refractivity contribution in [2.24, 2.45) is 0 Å². The van der Waals surface area contributed by atoms with Gasteiger partial charge in [-0.1, -0.05) is 63.8 Å². The number of nitrogen functional groups attached to an aromatic ring is 2. The van der Waals surface area contributed by atoms with E-state index in [0.717, 1.165) is 139 Å². The number of aromatic amines is 2. The average Bonchev–Trinajstić information content (AvgIpc) is 1.66. The summed E-state index contributed by atoms with van der Waals surface area (Å²) in [6.07, 6.45) is 16.1. The molecule has 8 N–H and O–H groups in total. The van der Waals surface area contributed by atoms with Gasteiger partial charge >= 0.3 is 11.9 Å². The van der Waals surface area contributed by atoms with Crippen LogP contribution in [0.4, 0.5) is 11.6 Å². The predicted octanol–water partition coefficient (Wildman–Crippen LogP) is 10.4. The van der Waals surface area contributed by atoms with E-state index < -0.39 is 11.2 Å². The highest BCUT2D eigenvalue weighted by Crippen LogP contribution is 2.30. The fourth-order valence-electron chi connectivity index (χ4n) is 12.3. The summed E-state index contributed by atoms with van der Waals surface area (Å²) in [6, 6.07) is 13.0. The third kappa shape index (κ3) is 61.4. The number of nitrogens with two attached hydrogens (primary N) is 2. The van der Waals surface area contributed by atoms with Gasteiger partial charge in [0.15, 0.2) is 0 Å². The van der Waals surface area contributed by atoms with Gasteiger partial charge in [0.2, 0.25) is 0 Å². The van der Waals surface area contributed by atoms with Gasteiger partial charge in [0.05, 0.1) is 295 Å². The molecule has 35 heteroatoms. The van der Waals surface area contributed by atoms with Crippen molar-refractivity contribution in [1.82, 2.24) is 40.1 Å². The van der Waals surface area contributed by atoms with Crippen molar-refractivity contribution in [3.05, 3.63) is 59.2 Å². The molecule has 2 aromatic carbocycles. The lowest BCUT2D eigenvalue weighted by Crippen LogP contribution is -2.25. The minimum absolute atomic E-state index is 0.0230. The van der Waals surface area contributed by atoms with Crippen LogP contribution in [0.25, 0.3) is 43.9 Å². The number of H-pyrrole nitrogens is 2. The van der Waals surface area contributed by atoms with Gasteiger partial charge in [-0.05, 0) is 143 Å². The van der Waals surface area contributed by atoms with E-state index in [4.69, 9.17) is 131 Å². The number of benzene rings is 2. The zero-order valence-electron chi connectivity index (χ0n) is 80.0. The van der Waals surface area contributed by atoms with Crippen LogP contribution in [0.2, 0.25) is 0 Å². The van der Waals surface area contributed by atoms with Crippen molar-refractivity contribution in [2.75, 3.05) is 316 Å². The number of hydrogen-bond donors (Lipinski definition) is 6. The number of likely N-dealkylation sites (N-methyl/N-ethyl adjacent to an activating group) is 1. The summed E-state index contributed by atoms with van der Waals surface area (Å²) in [4.78, 5) is 51.1. The molecule has 0 aliphatic rings. The Morgan fingerprint density at radius 3 is 0.915 bits per heavy atom. The van der Waals surface area contributed by atoms with Gasteiger partial charge in [0.1, 0.15) is 56.6 Å². The molecule has 0 saturated carbocycles. The molecule has 129 heavy (non-hydrogen) atoms. The molecule has 0 unspecified atom stereocenters. The highest BCUT2D eigenvalue weighted by molar-refractivity contribution is 6.07. The van der Waals surface area contributed by atoms with Crippen molar-refractivity contribution in [2.45, 2.75) is 169 Å². The molecule has 0 aliphatic carbocycles. The van der Waals surface area contributed by atoms with Crippen LogP contribution in [0, 0.1) is 0 Å². The number of fused-ring (bicyclic) bond motifs is 6. The maximum atomic E-state index is 11.6. The fourth-order valence-corrected chi connectivity index (χ4v) is 12.3. The molecule has 4 aromatic heterocycles. The van der Waals surface area contributed by atoms with E-state index >= 15 is 0 Å². The topological polar surface area (TPSA) is 408 Å².